The predicted octanol–water partition coefficient (Wildman–Crippen LogP) is 24.5. The Labute approximate surface area is 619 Å². The van der Waals surface area contributed by atoms with Gasteiger partial charge in [-0.25, -0.2) is 0 Å². The van der Waals surface area contributed by atoms with Crippen LogP contribution in [0.4, 0.5) is 0 Å². The lowest BCUT2D eigenvalue weighted by Gasteiger charge is -1.70. The first-order chi connectivity index (χ1) is 31.2. The Morgan fingerprint density at radius 3 is 0.247 bits per heavy atom. The first-order valence-electron chi connectivity index (χ1n) is 18.5. The van der Waals surface area contributed by atoms with Crippen LogP contribution in [-0.4, -0.2) is 105 Å². The average Bonchev–Trinajstić information content (AvgIpc) is 3.34. The fourth-order valence-electron chi connectivity index (χ4n) is 0.894. The van der Waals surface area contributed by atoms with Gasteiger partial charge in [0.1, 0.15) is 0 Å². The van der Waals surface area contributed by atoms with Crippen LogP contribution in [0.5, 0.6) is 0 Å². The van der Waals surface area contributed by atoms with Crippen LogP contribution in [0.25, 0.3) is 0 Å². The molecule has 0 amide bonds. The van der Waals surface area contributed by atoms with Crippen molar-refractivity contribution in [2.75, 3.05) is 59.5 Å². The van der Waals surface area contributed by atoms with Gasteiger partial charge < -0.3 is 46.0 Å². The number of hydrogen-bond acceptors (Lipinski definition) is 9. The fraction of sp³-hybridized carbons (Fsp3) is 0.550. The number of aliphatic hydroxyl groups excluding tert-OH is 9. The second kappa shape index (κ2) is 347. The molecule has 89 heavy (non-hydrogen) atoms. The molecule has 0 radical (unpaired) electrons. The summed E-state index contributed by atoms with van der Waals surface area (Å²) in [6, 6.07) is 0. The Bertz CT molecular complexity index is 1970. The zero-order valence-corrected chi connectivity index (χ0v) is 37.2. The van der Waals surface area contributed by atoms with Crippen LogP contribution in [0.1, 0.15) is 299 Å². The monoisotopic (exact) mass is 1330 g/mol. The Balaban J connectivity index is -0.00000000427. The molecule has 0 saturated heterocycles. The minimum atomic E-state index is -0.125. The number of rotatable bonds is 7. The molecule has 0 saturated carbocycles. The normalized spacial score (nSPS) is 3.84. The molecule has 0 spiro atoms. The Morgan fingerprint density at radius 1 is 0.157 bits per heavy atom. The van der Waals surface area contributed by atoms with Gasteiger partial charge in [-0.2, -0.15) is 0 Å². The summed E-state index contributed by atoms with van der Waals surface area (Å²) in [4.78, 5) is 0. The van der Waals surface area contributed by atoms with Gasteiger partial charge >= 0.3 is 0 Å². The first kappa shape index (κ1) is 235. The van der Waals surface area contributed by atoms with Crippen molar-refractivity contribution < 1.29 is 93.0 Å². The quantitative estimate of drug-likeness (QED) is 0.112. The lowest BCUT2D eigenvalue weighted by molar-refractivity contribution is 0.186. The highest BCUT2D eigenvalue weighted by molar-refractivity contribution is 5.47. The van der Waals surface area contributed by atoms with Crippen molar-refractivity contribution in [3.63, 3.8) is 0 Å². The van der Waals surface area contributed by atoms with Crippen molar-refractivity contribution in [2.45, 2.75) is 252 Å². The van der Waals surface area contributed by atoms with E-state index in [1.807, 2.05) is 34.6 Å². The molecule has 0 aliphatic carbocycles. The third kappa shape index (κ3) is 584. The largest absolute Gasteiger partial charge is 0.396 e. The summed E-state index contributed by atoms with van der Waals surface area (Å²) in [6.07, 6.45) is 23.9. The number of terminal acetylenes is 4. The van der Waals surface area contributed by atoms with Crippen LogP contribution in [-0.2, 0) is 0 Å². The highest BCUT2D eigenvalue weighted by atomic mass is 16.3. The zero-order valence-electron chi connectivity index (χ0n) is 37.2. The lowest BCUT2D eigenvalue weighted by atomic mass is 10.5. The van der Waals surface area contributed by atoms with Crippen molar-refractivity contribution in [1.29, 1.82) is 0 Å². The van der Waals surface area contributed by atoms with Crippen molar-refractivity contribution in [2.24, 2.45) is 0 Å². The number of aliphatic hydroxyl groups is 9. The van der Waals surface area contributed by atoms with Gasteiger partial charge in [0, 0.05) is 80.1 Å². The molecule has 9 heteroatoms. The van der Waals surface area contributed by atoms with Gasteiger partial charge in [0.05, 0.1) is 26.4 Å². The van der Waals surface area contributed by atoms with Crippen LogP contribution in [0.3, 0.4) is 0 Å². The maximum Gasteiger partial charge on any atom is 0.0662 e. The van der Waals surface area contributed by atoms with Gasteiger partial charge in [0.25, 0.3) is 0 Å². The first-order valence-corrected chi connectivity index (χ1v) is 18.5. The molecule has 0 aromatic rings. The second-order valence-electron chi connectivity index (χ2n) is 8.59. The molecule has 0 aliphatic heterocycles. The van der Waals surface area contributed by atoms with E-state index >= 15 is 0 Å². The molecule has 0 rings (SSSR count). The van der Waals surface area contributed by atoms with Crippen molar-refractivity contribution >= 4 is 0 Å². The summed E-state index contributed by atoms with van der Waals surface area (Å²) >= 11 is 0. The third-order valence-electron chi connectivity index (χ3n) is 3.23. The van der Waals surface area contributed by atoms with E-state index in [0.717, 1.165) is 32.1 Å². The van der Waals surface area contributed by atoms with Gasteiger partial charge in [0.2, 0.25) is 0 Å². The highest BCUT2D eigenvalue weighted by Gasteiger charge is 1.62. The van der Waals surface area contributed by atoms with Crippen LogP contribution >= 0.6 is 0 Å². The second-order valence-corrected chi connectivity index (χ2v) is 8.59. The van der Waals surface area contributed by atoms with Gasteiger partial charge in [-0.05, 0) is 222 Å². The minimum absolute atomic E-state index is 0. The molecule has 0 atom stereocenters. The van der Waals surface area contributed by atoms with Gasteiger partial charge in [-0.15, -0.1) is 25.7 Å². The van der Waals surface area contributed by atoms with E-state index in [0.29, 0.717) is 33.0 Å². The molecule has 0 bridgehead atoms. The molecule has 0 fully saturated rings. The Hall–Kier alpha value is -8.28. The van der Waals surface area contributed by atoms with E-state index in [-0.39, 0.29) is 259 Å². The van der Waals surface area contributed by atoms with Crippen LogP contribution in [0, 0.1) is 215 Å². The minimum Gasteiger partial charge on any atom is -0.396 e. The lowest BCUT2D eigenvalue weighted by Crippen LogP contribution is -1.85. The van der Waals surface area contributed by atoms with Crippen LogP contribution in [0.15, 0.2) is 0 Å². The van der Waals surface area contributed by atoms with E-state index in [2.05, 4.69) is 189 Å². The summed E-state index contributed by atoms with van der Waals surface area (Å²) in [6.45, 7) is 10.8. The molecule has 0 unspecified atom stereocenters. The summed E-state index contributed by atoms with van der Waals surface area (Å²) in [5.41, 5.74) is 0. The van der Waals surface area contributed by atoms with E-state index in [1.54, 1.807) is 0 Å². The summed E-state index contributed by atoms with van der Waals surface area (Å²) in [5.74, 6) is 76.5. The number of hydrogen-bond donors (Lipinski definition) is 9. The van der Waals surface area contributed by atoms with E-state index in [4.69, 9.17) is 71.7 Å². The Morgan fingerprint density at radius 2 is 0.213 bits per heavy atom. The fourth-order valence-corrected chi connectivity index (χ4v) is 0.894. The third-order valence-corrected chi connectivity index (χ3v) is 3.23. The average molecular weight is 1330 g/mol. The van der Waals surface area contributed by atoms with Crippen molar-refractivity contribution in [1.82, 2.24) is 0 Å². The van der Waals surface area contributed by atoms with Crippen molar-refractivity contribution in [3.8, 4) is 215 Å². The predicted molar refractivity (Wildman–Crippen MR) is 497 cm³/mol. The molecule has 0 heterocycles. The highest BCUT2D eigenvalue weighted by Crippen LogP contribution is 1.64. The molecule has 0 aliphatic rings. The Kier molecular flexibility index (Phi) is 917. The molecule has 9 nitrogen and oxygen atoms in total. The molecule has 596 valence electrons. The van der Waals surface area contributed by atoms with Gasteiger partial charge in [0.15, 0.2) is 0 Å². The summed E-state index contributed by atoms with van der Waals surface area (Å²) in [5, 5.41) is 69.9. The van der Waals surface area contributed by atoms with Crippen LogP contribution in [0.2, 0.25) is 0 Å². The van der Waals surface area contributed by atoms with Gasteiger partial charge in [-0.3, -0.25) is 0 Å². The standard InChI is InChI=1S/2C18H2.5C3H8O.2C2H6O2.25CH4.33H2/c2*1-3-5-7-9-11-13-15-17-18-16-14-12-10-8-6-4-2;5*1-2-3-4;2*3-1-2-4;;;;;;;;;;;;;;;;;;;;;;;;;;;;;;;;;;;;;;;;;;;;;;;;;;;;;;;;;;/h2*1-2H;5*4H,2-3H2,1H3;2*3-4H,1-2H2;25*1H4;33*1H. The van der Waals surface area contributed by atoms with Crippen LogP contribution < -0.4 is 0 Å². The van der Waals surface area contributed by atoms with E-state index in [1.165, 1.54) is 0 Å². The molecular weight excluding hydrogens is 1100 g/mol. The molecule has 0 aromatic heterocycles. The zero-order chi connectivity index (χ0) is 50.5. The van der Waals surface area contributed by atoms with Crippen molar-refractivity contribution in [3.05, 3.63) is 0 Å². The van der Waals surface area contributed by atoms with E-state index < -0.39 is 0 Å². The SMILES string of the molecule is C.C.C.C.C.C.C.C.C.C.C.C.C.C.C.C.C.C.C.C.C.C.C.C.C.C#CC#CC#CC#CC#CC#CC#CC#CC#C.C#CC#CC#CC#CC#CC#CC#CC#CC#C.CCCO.CCCO.CCCO.CCCO.CCCO.OCCO.OCCO.[HH].[HH].[HH].[HH].[HH].[HH].[HH].[HH].[HH].[HH].[HH].[HH].[HH].[HH].[HH].[HH].[HH].[HH].[HH].[HH].[HH].[HH].[HH].[HH].[HH].[HH].[HH].[HH].[HH].[HH].[HH].[HH].[HH]. The summed E-state index contributed by atoms with van der Waals surface area (Å²) < 4.78 is 0. The molecular formula is C80H222O9. The maximum absolute atomic E-state index is 7.88. The molecule has 9 N–H and O–H groups in total. The van der Waals surface area contributed by atoms with E-state index in [9.17, 15) is 0 Å². The summed E-state index contributed by atoms with van der Waals surface area (Å²) in [7, 11) is 0. The smallest absolute Gasteiger partial charge is 0.0662 e. The topological polar surface area (TPSA) is 182 Å². The van der Waals surface area contributed by atoms with Gasteiger partial charge in [-0.1, -0.05) is 220 Å². The maximum atomic E-state index is 7.88. The molecule has 0 aromatic carbocycles.